The summed E-state index contributed by atoms with van der Waals surface area (Å²) < 4.78 is 13.1. The molecule has 0 aliphatic heterocycles. The fraction of sp³-hybridized carbons (Fsp3) is 0.400. The number of benzene rings is 1. The van der Waals surface area contributed by atoms with Gasteiger partial charge in [-0.2, -0.15) is 0 Å². The van der Waals surface area contributed by atoms with Crippen molar-refractivity contribution in [3.05, 3.63) is 35.6 Å². The first-order valence-electron chi connectivity index (χ1n) is 4.21. The molecule has 0 aliphatic rings. The lowest BCUT2D eigenvalue weighted by Gasteiger charge is -2.20. The molecule has 13 heavy (non-hydrogen) atoms. The number of hydrogen-bond donors (Lipinski definition) is 2. The van der Waals surface area contributed by atoms with Crippen molar-refractivity contribution >= 4 is 0 Å². The Morgan fingerprint density at radius 3 is 2.62 bits per heavy atom. The highest BCUT2D eigenvalue weighted by Gasteiger charge is 2.19. The van der Waals surface area contributed by atoms with E-state index < -0.39 is 5.60 Å². The minimum absolute atomic E-state index is 0.126. The summed E-state index contributed by atoms with van der Waals surface area (Å²) in [5.74, 6) is -0.295. The van der Waals surface area contributed by atoms with Gasteiger partial charge in [-0.3, -0.25) is 0 Å². The predicted octanol–water partition coefficient (Wildman–Crippen LogP) is 1.08. The molecule has 0 heterocycles. The molecule has 3 heteroatoms. The van der Waals surface area contributed by atoms with Gasteiger partial charge in [0, 0.05) is 13.0 Å². The summed E-state index contributed by atoms with van der Waals surface area (Å²) >= 11 is 0. The van der Waals surface area contributed by atoms with Gasteiger partial charge in [0.25, 0.3) is 0 Å². The largest absolute Gasteiger partial charge is 0.389 e. The van der Waals surface area contributed by atoms with Crippen LogP contribution < -0.4 is 5.73 Å². The highest BCUT2D eigenvalue weighted by Crippen LogP contribution is 2.14. The summed E-state index contributed by atoms with van der Waals surface area (Å²) in [6.45, 7) is 1.72. The second kappa shape index (κ2) is 3.85. The van der Waals surface area contributed by atoms with Crippen LogP contribution in [0, 0.1) is 5.82 Å². The molecule has 0 spiro atoms. The van der Waals surface area contributed by atoms with Crippen LogP contribution in [0.3, 0.4) is 0 Å². The first-order valence-corrected chi connectivity index (χ1v) is 4.21. The minimum atomic E-state index is -1.03. The van der Waals surface area contributed by atoms with Gasteiger partial charge in [0.1, 0.15) is 5.82 Å². The molecule has 1 atom stereocenters. The summed E-state index contributed by atoms with van der Waals surface area (Å²) in [5.41, 5.74) is 4.80. The Morgan fingerprint density at radius 1 is 1.46 bits per heavy atom. The number of nitrogens with two attached hydrogens (primary N) is 1. The van der Waals surface area contributed by atoms with Gasteiger partial charge in [0.15, 0.2) is 0 Å². The van der Waals surface area contributed by atoms with Crippen LogP contribution in [0.15, 0.2) is 24.3 Å². The van der Waals surface area contributed by atoms with Gasteiger partial charge in [0.05, 0.1) is 5.60 Å². The van der Waals surface area contributed by atoms with Crippen molar-refractivity contribution in [2.24, 2.45) is 5.73 Å². The molecule has 1 aromatic carbocycles. The van der Waals surface area contributed by atoms with E-state index in [1.54, 1.807) is 25.1 Å². The van der Waals surface area contributed by atoms with Crippen LogP contribution in [0.1, 0.15) is 12.5 Å². The zero-order valence-electron chi connectivity index (χ0n) is 7.63. The van der Waals surface area contributed by atoms with Crippen LogP contribution in [-0.2, 0) is 6.42 Å². The van der Waals surface area contributed by atoms with Gasteiger partial charge in [0.2, 0.25) is 0 Å². The van der Waals surface area contributed by atoms with Crippen LogP contribution in [-0.4, -0.2) is 17.3 Å². The van der Waals surface area contributed by atoms with E-state index in [4.69, 9.17) is 5.73 Å². The average molecular weight is 183 g/mol. The van der Waals surface area contributed by atoms with Gasteiger partial charge in [-0.15, -0.1) is 0 Å². The molecule has 1 rings (SSSR count). The predicted molar refractivity (Wildman–Crippen MR) is 49.8 cm³/mol. The van der Waals surface area contributed by atoms with Crippen molar-refractivity contribution in [2.75, 3.05) is 6.54 Å². The number of aliphatic hydroxyl groups is 1. The smallest absolute Gasteiger partial charge is 0.126 e. The molecule has 3 N–H and O–H groups in total. The normalized spacial score (nSPS) is 15.4. The zero-order chi connectivity index (χ0) is 9.90. The third-order valence-corrected chi connectivity index (χ3v) is 1.97. The van der Waals surface area contributed by atoms with Crippen LogP contribution >= 0.6 is 0 Å². The molecule has 1 aromatic rings. The number of halogens is 1. The van der Waals surface area contributed by atoms with Crippen LogP contribution in [0.4, 0.5) is 4.39 Å². The van der Waals surface area contributed by atoms with Gasteiger partial charge < -0.3 is 10.8 Å². The molecule has 0 aromatic heterocycles. The topological polar surface area (TPSA) is 46.2 Å². The monoisotopic (exact) mass is 183 g/mol. The van der Waals surface area contributed by atoms with Crippen molar-refractivity contribution in [3.8, 4) is 0 Å². The highest BCUT2D eigenvalue weighted by molar-refractivity contribution is 5.19. The minimum Gasteiger partial charge on any atom is -0.389 e. The first-order chi connectivity index (χ1) is 6.05. The lowest BCUT2D eigenvalue weighted by atomic mass is 9.96. The molecule has 0 saturated heterocycles. The Hall–Kier alpha value is -0.930. The number of hydrogen-bond acceptors (Lipinski definition) is 2. The van der Waals surface area contributed by atoms with Gasteiger partial charge >= 0.3 is 0 Å². The van der Waals surface area contributed by atoms with Crippen molar-refractivity contribution in [1.82, 2.24) is 0 Å². The lowest BCUT2D eigenvalue weighted by Crippen LogP contribution is -2.36. The molecule has 0 aliphatic carbocycles. The maximum atomic E-state index is 13.1. The van der Waals surface area contributed by atoms with E-state index in [1.807, 2.05) is 0 Å². The highest BCUT2D eigenvalue weighted by atomic mass is 19.1. The molecule has 0 bridgehead atoms. The summed E-state index contributed by atoms with van der Waals surface area (Å²) in [5, 5.41) is 9.61. The summed E-state index contributed by atoms with van der Waals surface area (Å²) in [6, 6.07) is 6.39. The Labute approximate surface area is 77.2 Å². The van der Waals surface area contributed by atoms with Crippen molar-refractivity contribution in [3.63, 3.8) is 0 Å². The number of rotatable bonds is 3. The van der Waals surface area contributed by atoms with Crippen LogP contribution in [0.2, 0.25) is 0 Å². The Morgan fingerprint density at radius 2 is 2.08 bits per heavy atom. The molecule has 2 nitrogen and oxygen atoms in total. The molecule has 0 amide bonds. The second-order valence-electron chi connectivity index (χ2n) is 3.47. The summed E-state index contributed by atoms with van der Waals surface area (Å²) in [4.78, 5) is 0. The molecule has 0 fully saturated rings. The van der Waals surface area contributed by atoms with E-state index in [-0.39, 0.29) is 18.8 Å². The Kier molecular flexibility index (Phi) is 3.01. The van der Waals surface area contributed by atoms with E-state index in [0.717, 1.165) is 0 Å². The van der Waals surface area contributed by atoms with Gasteiger partial charge in [-0.25, -0.2) is 4.39 Å². The SMILES string of the molecule is CC(O)(CN)Cc1ccccc1F. The van der Waals surface area contributed by atoms with E-state index in [0.29, 0.717) is 5.56 Å². The van der Waals surface area contributed by atoms with Gasteiger partial charge in [-0.1, -0.05) is 18.2 Å². The third-order valence-electron chi connectivity index (χ3n) is 1.97. The fourth-order valence-corrected chi connectivity index (χ4v) is 1.12. The van der Waals surface area contributed by atoms with E-state index >= 15 is 0 Å². The fourth-order valence-electron chi connectivity index (χ4n) is 1.12. The second-order valence-corrected chi connectivity index (χ2v) is 3.47. The van der Waals surface area contributed by atoms with E-state index in [2.05, 4.69) is 0 Å². The van der Waals surface area contributed by atoms with E-state index in [9.17, 15) is 9.50 Å². The van der Waals surface area contributed by atoms with Crippen molar-refractivity contribution in [1.29, 1.82) is 0 Å². The average Bonchev–Trinajstić information content (AvgIpc) is 2.09. The van der Waals surface area contributed by atoms with Crippen LogP contribution in [0.5, 0.6) is 0 Å². The maximum Gasteiger partial charge on any atom is 0.126 e. The Balaban J connectivity index is 2.80. The maximum absolute atomic E-state index is 13.1. The molecule has 0 saturated carbocycles. The summed E-state index contributed by atoms with van der Waals surface area (Å²) in [7, 11) is 0. The van der Waals surface area contributed by atoms with Crippen molar-refractivity contribution in [2.45, 2.75) is 18.9 Å². The third kappa shape index (κ3) is 2.79. The molecule has 1 unspecified atom stereocenters. The van der Waals surface area contributed by atoms with Gasteiger partial charge in [-0.05, 0) is 18.6 Å². The van der Waals surface area contributed by atoms with E-state index in [1.165, 1.54) is 6.07 Å². The molecular formula is C10H14FNO. The standard InChI is InChI=1S/C10H14FNO/c1-10(13,7-12)6-8-4-2-3-5-9(8)11/h2-5,13H,6-7,12H2,1H3. The molecule has 72 valence electrons. The molecule has 0 radical (unpaired) electrons. The molecular weight excluding hydrogens is 169 g/mol. The quantitative estimate of drug-likeness (QED) is 0.736. The first kappa shape index (κ1) is 10.2. The summed E-state index contributed by atoms with van der Waals surface area (Å²) in [6.07, 6.45) is 0.246. The van der Waals surface area contributed by atoms with Crippen LogP contribution in [0.25, 0.3) is 0 Å². The van der Waals surface area contributed by atoms with Crippen molar-refractivity contribution < 1.29 is 9.50 Å². The Bertz CT molecular complexity index is 286. The zero-order valence-corrected chi connectivity index (χ0v) is 7.63. The lowest BCUT2D eigenvalue weighted by molar-refractivity contribution is 0.0687.